The summed E-state index contributed by atoms with van der Waals surface area (Å²) in [6.45, 7) is 4.00. The van der Waals surface area contributed by atoms with Crippen molar-refractivity contribution in [2.75, 3.05) is 0 Å². The highest BCUT2D eigenvalue weighted by Crippen LogP contribution is 1.86. The van der Waals surface area contributed by atoms with E-state index in [-0.39, 0.29) is 5.46 Å². The smallest absolute Gasteiger partial charge is 0.423 e. The maximum absolute atomic E-state index is 12.1. The van der Waals surface area contributed by atoms with Crippen LogP contribution in [0.5, 0.6) is 0 Å². The Labute approximate surface area is 71.0 Å². The van der Waals surface area contributed by atoms with E-state index in [1.54, 1.807) is 0 Å². The van der Waals surface area contributed by atoms with Crippen LogP contribution in [0.4, 0.5) is 4.39 Å². The lowest BCUT2D eigenvalue weighted by atomic mass is 9.82. The van der Waals surface area contributed by atoms with E-state index in [4.69, 9.17) is 10.0 Å². The van der Waals surface area contributed by atoms with Gasteiger partial charge in [0.25, 0.3) is 0 Å². The molecular weight excluding hydrogens is 160 g/mol. The van der Waals surface area contributed by atoms with Gasteiger partial charge >= 0.3 is 7.12 Å². The molecule has 0 saturated carbocycles. The van der Waals surface area contributed by atoms with Gasteiger partial charge in [0.15, 0.2) is 0 Å². The summed E-state index contributed by atoms with van der Waals surface area (Å²) in [6.07, 6.45) is 1.07. The number of hydrogen-bond acceptors (Lipinski definition) is 3. The molecule has 5 heteroatoms. The molecule has 3 nitrogen and oxygen atoms in total. The summed E-state index contributed by atoms with van der Waals surface area (Å²) in [5, 5.41) is 17.0. The van der Waals surface area contributed by atoms with Crippen molar-refractivity contribution in [2.24, 2.45) is 0 Å². The van der Waals surface area contributed by atoms with E-state index in [0.717, 1.165) is 12.3 Å². The van der Waals surface area contributed by atoms with Crippen LogP contribution in [-0.4, -0.2) is 22.2 Å². The Morgan fingerprint density at radius 1 is 1.33 bits per heavy atom. The van der Waals surface area contributed by atoms with Crippen LogP contribution in [0.3, 0.4) is 0 Å². The van der Waals surface area contributed by atoms with Crippen LogP contribution in [0.15, 0.2) is 18.3 Å². The second-order valence-corrected chi connectivity index (χ2v) is 1.79. The lowest BCUT2D eigenvalue weighted by molar-refractivity contribution is 0.425. The summed E-state index contributed by atoms with van der Waals surface area (Å²) in [7, 11) is -1.58. The van der Waals surface area contributed by atoms with Gasteiger partial charge in [-0.05, 0) is 6.07 Å². The summed E-state index contributed by atoms with van der Waals surface area (Å²) in [5.41, 5.74) is 0.182. The lowest BCUT2D eigenvalue weighted by Gasteiger charge is -1.95. The third-order valence-electron chi connectivity index (χ3n) is 1.05. The van der Waals surface area contributed by atoms with Crippen molar-refractivity contribution in [3.05, 3.63) is 24.3 Å². The number of nitrogens with zero attached hydrogens (tertiary/aromatic N) is 1. The van der Waals surface area contributed by atoms with Crippen LogP contribution in [0.25, 0.3) is 0 Å². The second kappa shape index (κ2) is 5.68. The number of rotatable bonds is 1. The van der Waals surface area contributed by atoms with Gasteiger partial charge in [-0.1, -0.05) is 19.9 Å². The third kappa shape index (κ3) is 3.45. The molecule has 0 aromatic carbocycles. The third-order valence-corrected chi connectivity index (χ3v) is 1.05. The van der Waals surface area contributed by atoms with E-state index < -0.39 is 13.1 Å². The first kappa shape index (κ1) is 11.1. The number of aromatic nitrogens is 1. The molecule has 0 atom stereocenters. The van der Waals surface area contributed by atoms with E-state index in [9.17, 15) is 4.39 Å². The number of pyridine rings is 1. The molecule has 1 heterocycles. The highest BCUT2D eigenvalue weighted by molar-refractivity contribution is 6.58. The van der Waals surface area contributed by atoms with Gasteiger partial charge in [0.05, 0.1) is 0 Å². The van der Waals surface area contributed by atoms with E-state index >= 15 is 0 Å². The standard InChI is InChI=1S/C5H5BFNO2.C2H6/c7-5-2-1-4(3-8-5)6(9)10;1-2/h1-3,9-10H;1-2H3. The van der Waals surface area contributed by atoms with Crippen LogP contribution < -0.4 is 5.46 Å². The minimum absolute atomic E-state index is 0.182. The Balaban J connectivity index is 0.000000561. The first-order valence-corrected chi connectivity index (χ1v) is 3.68. The van der Waals surface area contributed by atoms with E-state index in [1.165, 1.54) is 6.07 Å². The monoisotopic (exact) mass is 171 g/mol. The Hall–Kier alpha value is -0.935. The molecule has 0 aliphatic carbocycles. The van der Waals surface area contributed by atoms with Gasteiger partial charge in [0, 0.05) is 11.7 Å². The van der Waals surface area contributed by atoms with E-state index in [0.29, 0.717) is 0 Å². The summed E-state index contributed by atoms with van der Waals surface area (Å²) >= 11 is 0. The zero-order valence-electron chi connectivity index (χ0n) is 7.03. The molecule has 0 radical (unpaired) electrons. The Morgan fingerprint density at radius 2 is 1.92 bits per heavy atom. The zero-order valence-corrected chi connectivity index (χ0v) is 7.03. The number of halogens is 1. The van der Waals surface area contributed by atoms with Gasteiger partial charge in [-0.3, -0.25) is 0 Å². The molecule has 1 aromatic heterocycles. The van der Waals surface area contributed by atoms with Crippen molar-refractivity contribution >= 4 is 12.6 Å². The summed E-state index contributed by atoms with van der Waals surface area (Å²) in [6, 6.07) is 2.32. The van der Waals surface area contributed by atoms with Crippen molar-refractivity contribution in [3.63, 3.8) is 0 Å². The van der Waals surface area contributed by atoms with Gasteiger partial charge < -0.3 is 10.0 Å². The second-order valence-electron chi connectivity index (χ2n) is 1.79. The fraction of sp³-hybridized carbons (Fsp3) is 0.286. The predicted molar refractivity (Wildman–Crippen MR) is 45.4 cm³/mol. The molecule has 0 unspecified atom stereocenters. The summed E-state index contributed by atoms with van der Waals surface area (Å²) < 4.78 is 12.1. The quantitative estimate of drug-likeness (QED) is 0.459. The normalized spacial score (nSPS) is 8.42. The average Bonchev–Trinajstić information content (AvgIpc) is 2.09. The molecule has 0 fully saturated rings. The summed E-state index contributed by atoms with van der Waals surface area (Å²) in [5.74, 6) is -0.635. The molecule has 0 spiro atoms. The molecule has 1 rings (SSSR count). The molecule has 1 aromatic rings. The molecular formula is C7H11BFNO2. The van der Waals surface area contributed by atoms with Crippen molar-refractivity contribution in [2.45, 2.75) is 13.8 Å². The molecule has 0 bridgehead atoms. The highest BCUT2D eigenvalue weighted by atomic mass is 19.1. The first-order valence-electron chi connectivity index (χ1n) is 3.68. The van der Waals surface area contributed by atoms with Gasteiger partial charge in [-0.2, -0.15) is 4.39 Å². The van der Waals surface area contributed by atoms with Crippen molar-refractivity contribution < 1.29 is 14.4 Å². The predicted octanol–water partition coefficient (Wildman–Crippen LogP) is -0.0733. The molecule has 0 amide bonds. The van der Waals surface area contributed by atoms with Crippen LogP contribution in [0.2, 0.25) is 0 Å². The largest absolute Gasteiger partial charge is 0.490 e. The van der Waals surface area contributed by atoms with E-state index in [1.807, 2.05) is 13.8 Å². The summed E-state index contributed by atoms with van der Waals surface area (Å²) in [4.78, 5) is 3.21. The molecule has 0 aliphatic heterocycles. The molecule has 2 N–H and O–H groups in total. The lowest BCUT2D eigenvalue weighted by Crippen LogP contribution is -2.30. The van der Waals surface area contributed by atoms with Gasteiger partial charge in [-0.15, -0.1) is 0 Å². The topological polar surface area (TPSA) is 53.4 Å². The van der Waals surface area contributed by atoms with E-state index in [2.05, 4.69) is 4.98 Å². The van der Waals surface area contributed by atoms with Crippen LogP contribution in [0, 0.1) is 5.95 Å². The molecule has 0 aliphatic rings. The van der Waals surface area contributed by atoms with Crippen molar-refractivity contribution in [1.82, 2.24) is 4.98 Å². The first-order chi connectivity index (χ1) is 5.70. The average molecular weight is 171 g/mol. The van der Waals surface area contributed by atoms with Crippen LogP contribution >= 0.6 is 0 Å². The van der Waals surface area contributed by atoms with Crippen molar-refractivity contribution in [1.29, 1.82) is 0 Å². The molecule has 66 valence electrons. The minimum atomic E-state index is -1.58. The van der Waals surface area contributed by atoms with Crippen LogP contribution in [0.1, 0.15) is 13.8 Å². The fourth-order valence-corrected chi connectivity index (χ4v) is 0.540. The molecule has 12 heavy (non-hydrogen) atoms. The van der Waals surface area contributed by atoms with Gasteiger partial charge in [0.2, 0.25) is 5.95 Å². The highest BCUT2D eigenvalue weighted by Gasteiger charge is 2.09. The van der Waals surface area contributed by atoms with Gasteiger partial charge in [-0.25, -0.2) is 4.98 Å². The Kier molecular flexibility index (Phi) is 5.24. The Morgan fingerprint density at radius 3 is 2.25 bits per heavy atom. The SMILES string of the molecule is CC.OB(O)c1ccc(F)nc1. The van der Waals surface area contributed by atoms with Gasteiger partial charge in [0.1, 0.15) is 0 Å². The zero-order chi connectivity index (χ0) is 9.56. The number of hydrogen-bond donors (Lipinski definition) is 2. The maximum atomic E-state index is 12.1. The van der Waals surface area contributed by atoms with Crippen LogP contribution in [-0.2, 0) is 0 Å². The minimum Gasteiger partial charge on any atom is -0.423 e. The molecule has 0 saturated heterocycles. The van der Waals surface area contributed by atoms with Crippen molar-refractivity contribution in [3.8, 4) is 0 Å². The maximum Gasteiger partial charge on any atom is 0.490 e. The Bertz CT molecular complexity index is 215. The fourth-order valence-electron chi connectivity index (χ4n) is 0.540.